The van der Waals surface area contributed by atoms with Gasteiger partial charge in [0, 0.05) is 29.9 Å². The second kappa shape index (κ2) is 5.36. The standard InChI is InChI=1S/C14H18FN3/c1-10(17)14-12(15)4-2-5-13(14)18(9-3-8-16)11-6-7-11/h2,4-5,10-11H,3,6-7,9,17H2,1H3/t10-/m0/s1. The molecular weight excluding hydrogens is 229 g/mol. The zero-order valence-electron chi connectivity index (χ0n) is 10.6. The summed E-state index contributed by atoms with van der Waals surface area (Å²) in [5.41, 5.74) is 7.28. The zero-order valence-corrected chi connectivity index (χ0v) is 10.6. The van der Waals surface area contributed by atoms with Gasteiger partial charge in [0.25, 0.3) is 0 Å². The maximum atomic E-state index is 13.9. The van der Waals surface area contributed by atoms with E-state index in [-0.39, 0.29) is 11.9 Å². The van der Waals surface area contributed by atoms with Crippen molar-refractivity contribution in [2.45, 2.75) is 38.3 Å². The molecule has 96 valence electrons. The van der Waals surface area contributed by atoms with Crippen LogP contribution in [0.1, 0.15) is 37.8 Å². The van der Waals surface area contributed by atoms with Crippen LogP contribution in [0.15, 0.2) is 18.2 Å². The van der Waals surface area contributed by atoms with Gasteiger partial charge in [-0.05, 0) is 31.9 Å². The SMILES string of the molecule is C[C@H](N)c1c(F)cccc1N(CCC#N)C1CC1. The lowest BCUT2D eigenvalue weighted by molar-refractivity contribution is 0.591. The molecule has 2 N–H and O–H groups in total. The summed E-state index contributed by atoms with van der Waals surface area (Å²) >= 11 is 0. The summed E-state index contributed by atoms with van der Waals surface area (Å²) in [6.45, 7) is 2.43. The predicted molar refractivity (Wildman–Crippen MR) is 69.6 cm³/mol. The molecule has 0 aliphatic heterocycles. The largest absolute Gasteiger partial charge is 0.367 e. The third-order valence-electron chi connectivity index (χ3n) is 3.25. The lowest BCUT2D eigenvalue weighted by Gasteiger charge is -2.27. The summed E-state index contributed by atoms with van der Waals surface area (Å²) in [4.78, 5) is 2.13. The maximum absolute atomic E-state index is 13.9. The highest BCUT2D eigenvalue weighted by Crippen LogP contribution is 2.36. The van der Waals surface area contributed by atoms with Gasteiger partial charge in [-0.2, -0.15) is 5.26 Å². The number of rotatable bonds is 5. The number of nitrogens with two attached hydrogens (primary N) is 1. The molecule has 1 aromatic carbocycles. The van der Waals surface area contributed by atoms with Crippen molar-refractivity contribution in [2.24, 2.45) is 5.73 Å². The Labute approximate surface area is 107 Å². The molecule has 0 saturated heterocycles. The van der Waals surface area contributed by atoms with Gasteiger partial charge in [0.2, 0.25) is 0 Å². The highest BCUT2D eigenvalue weighted by atomic mass is 19.1. The number of hydrogen-bond acceptors (Lipinski definition) is 3. The zero-order chi connectivity index (χ0) is 13.1. The third kappa shape index (κ3) is 2.62. The topological polar surface area (TPSA) is 53.0 Å². The van der Waals surface area contributed by atoms with Crippen LogP contribution in [0.5, 0.6) is 0 Å². The summed E-state index contributed by atoms with van der Waals surface area (Å²) < 4.78 is 13.9. The van der Waals surface area contributed by atoms with E-state index in [2.05, 4.69) is 11.0 Å². The van der Waals surface area contributed by atoms with Crippen molar-refractivity contribution in [2.75, 3.05) is 11.4 Å². The highest BCUT2D eigenvalue weighted by Gasteiger charge is 2.31. The highest BCUT2D eigenvalue weighted by molar-refractivity contribution is 5.57. The molecule has 0 radical (unpaired) electrons. The number of nitrogens with zero attached hydrogens (tertiary/aromatic N) is 2. The first-order valence-electron chi connectivity index (χ1n) is 6.32. The predicted octanol–water partition coefficient (Wildman–Crippen LogP) is 2.73. The van der Waals surface area contributed by atoms with Crippen molar-refractivity contribution in [3.8, 4) is 6.07 Å². The molecule has 2 rings (SSSR count). The molecule has 1 fully saturated rings. The Morgan fingerprint density at radius 2 is 2.28 bits per heavy atom. The molecule has 1 aliphatic rings. The maximum Gasteiger partial charge on any atom is 0.130 e. The van der Waals surface area contributed by atoms with Crippen LogP contribution in [0.2, 0.25) is 0 Å². The second-order valence-electron chi connectivity index (χ2n) is 4.79. The Bertz CT molecular complexity index is 461. The van der Waals surface area contributed by atoms with Crippen molar-refractivity contribution in [1.29, 1.82) is 5.26 Å². The Morgan fingerprint density at radius 3 is 2.83 bits per heavy atom. The lowest BCUT2D eigenvalue weighted by Crippen LogP contribution is -2.29. The molecule has 1 saturated carbocycles. The van der Waals surface area contributed by atoms with E-state index >= 15 is 0 Å². The van der Waals surface area contributed by atoms with Crippen LogP contribution in [0.4, 0.5) is 10.1 Å². The molecular formula is C14H18FN3. The molecule has 0 aromatic heterocycles. The normalized spacial score (nSPS) is 16.1. The minimum atomic E-state index is -0.343. The molecule has 18 heavy (non-hydrogen) atoms. The van der Waals surface area contributed by atoms with Crippen LogP contribution in [-0.2, 0) is 0 Å². The van der Waals surface area contributed by atoms with Gasteiger partial charge in [-0.1, -0.05) is 6.07 Å². The van der Waals surface area contributed by atoms with Gasteiger partial charge in [0.1, 0.15) is 5.82 Å². The van der Waals surface area contributed by atoms with E-state index in [1.54, 1.807) is 13.0 Å². The molecule has 0 bridgehead atoms. The Balaban J connectivity index is 2.34. The van der Waals surface area contributed by atoms with Crippen LogP contribution in [0.25, 0.3) is 0 Å². The number of hydrogen-bond donors (Lipinski definition) is 1. The summed E-state index contributed by atoms with van der Waals surface area (Å²) in [5, 5.41) is 8.72. The smallest absolute Gasteiger partial charge is 0.130 e. The van der Waals surface area contributed by atoms with Gasteiger partial charge in [-0.3, -0.25) is 0 Å². The van der Waals surface area contributed by atoms with Crippen LogP contribution in [0.3, 0.4) is 0 Å². The molecule has 1 aromatic rings. The number of nitriles is 1. The van der Waals surface area contributed by atoms with Crippen molar-refractivity contribution in [3.63, 3.8) is 0 Å². The van der Waals surface area contributed by atoms with E-state index in [1.165, 1.54) is 6.07 Å². The van der Waals surface area contributed by atoms with Gasteiger partial charge in [-0.25, -0.2) is 4.39 Å². The lowest BCUT2D eigenvalue weighted by atomic mass is 10.0. The van der Waals surface area contributed by atoms with E-state index in [1.807, 2.05) is 6.07 Å². The average molecular weight is 247 g/mol. The minimum absolute atomic E-state index is 0.259. The van der Waals surface area contributed by atoms with E-state index in [0.29, 0.717) is 24.6 Å². The van der Waals surface area contributed by atoms with E-state index in [4.69, 9.17) is 11.0 Å². The summed E-state index contributed by atoms with van der Waals surface area (Å²) in [6.07, 6.45) is 2.67. The fourth-order valence-electron chi connectivity index (χ4n) is 2.28. The van der Waals surface area contributed by atoms with Crippen LogP contribution < -0.4 is 10.6 Å². The summed E-state index contributed by atoms with van der Waals surface area (Å²) in [7, 11) is 0. The molecule has 4 heteroatoms. The van der Waals surface area contributed by atoms with Gasteiger partial charge >= 0.3 is 0 Å². The van der Waals surface area contributed by atoms with Crippen molar-refractivity contribution in [1.82, 2.24) is 0 Å². The van der Waals surface area contributed by atoms with Crippen LogP contribution in [0, 0.1) is 17.1 Å². The minimum Gasteiger partial charge on any atom is -0.367 e. The fourth-order valence-corrected chi connectivity index (χ4v) is 2.28. The van der Waals surface area contributed by atoms with Gasteiger partial charge in [-0.15, -0.1) is 0 Å². The number of benzene rings is 1. The molecule has 0 amide bonds. The van der Waals surface area contributed by atoms with Crippen molar-refractivity contribution < 1.29 is 4.39 Å². The monoisotopic (exact) mass is 247 g/mol. The van der Waals surface area contributed by atoms with E-state index < -0.39 is 0 Å². The molecule has 0 unspecified atom stereocenters. The summed E-state index contributed by atoms with van der Waals surface area (Å²) in [5.74, 6) is -0.259. The first kappa shape index (κ1) is 12.8. The number of anilines is 1. The van der Waals surface area contributed by atoms with Crippen LogP contribution in [-0.4, -0.2) is 12.6 Å². The molecule has 0 spiro atoms. The quantitative estimate of drug-likeness (QED) is 0.870. The number of halogens is 1. The summed E-state index contributed by atoms with van der Waals surface area (Å²) in [6, 6.07) is 7.30. The van der Waals surface area contributed by atoms with E-state index in [9.17, 15) is 4.39 Å². The fraction of sp³-hybridized carbons (Fsp3) is 0.500. The van der Waals surface area contributed by atoms with Gasteiger partial charge < -0.3 is 10.6 Å². The Morgan fingerprint density at radius 1 is 1.56 bits per heavy atom. The Hall–Kier alpha value is -1.60. The second-order valence-corrected chi connectivity index (χ2v) is 4.79. The molecule has 1 atom stereocenters. The average Bonchev–Trinajstić information content (AvgIpc) is 3.13. The van der Waals surface area contributed by atoms with Crippen molar-refractivity contribution in [3.05, 3.63) is 29.6 Å². The van der Waals surface area contributed by atoms with Crippen molar-refractivity contribution >= 4 is 5.69 Å². The van der Waals surface area contributed by atoms with Gasteiger partial charge in [0.15, 0.2) is 0 Å². The first-order valence-corrected chi connectivity index (χ1v) is 6.32. The Kier molecular flexibility index (Phi) is 3.83. The molecule has 1 aliphatic carbocycles. The molecule has 3 nitrogen and oxygen atoms in total. The van der Waals surface area contributed by atoms with E-state index in [0.717, 1.165) is 18.5 Å². The first-order chi connectivity index (χ1) is 8.65. The van der Waals surface area contributed by atoms with Crippen LogP contribution >= 0.6 is 0 Å². The molecule has 0 heterocycles. The van der Waals surface area contributed by atoms with Gasteiger partial charge in [0.05, 0.1) is 12.5 Å². The third-order valence-corrected chi connectivity index (χ3v) is 3.25.